The van der Waals surface area contributed by atoms with Crippen molar-refractivity contribution in [2.75, 3.05) is 6.54 Å². The van der Waals surface area contributed by atoms with Crippen molar-refractivity contribution in [1.29, 1.82) is 0 Å². The van der Waals surface area contributed by atoms with Crippen molar-refractivity contribution in [1.82, 2.24) is 5.32 Å². The van der Waals surface area contributed by atoms with Crippen LogP contribution < -0.4 is 5.32 Å². The number of nitrogens with one attached hydrogen (secondary N) is 1. The molecule has 0 saturated heterocycles. The van der Waals surface area contributed by atoms with E-state index < -0.39 is 0 Å². The topological polar surface area (TPSA) is 12.0 Å². The first kappa shape index (κ1) is 14.1. The molecule has 0 spiro atoms. The SMILES string of the molecule is CCCNC(c1ccsc1)C1CCCCC1CC. The van der Waals surface area contributed by atoms with Crippen LogP contribution in [0.2, 0.25) is 0 Å². The monoisotopic (exact) mass is 265 g/mol. The molecule has 2 rings (SSSR count). The Kier molecular flexibility index (Phi) is 5.71. The fraction of sp³-hybridized carbons (Fsp3) is 0.750. The van der Waals surface area contributed by atoms with Gasteiger partial charge in [0.1, 0.15) is 0 Å². The van der Waals surface area contributed by atoms with Gasteiger partial charge in [-0.1, -0.05) is 39.5 Å². The number of hydrogen-bond donors (Lipinski definition) is 1. The zero-order valence-electron chi connectivity index (χ0n) is 11.8. The molecule has 2 heteroatoms. The van der Waals surface area contributed by atoms with Gasteiger partial charge in [-0.05, 0) is 53.6 Å². The number of thiophene rings is 1. The third-order valence-electron chi connectivity index (χ3n) is 4.44. The molecule has 0 aromatic carbocycles. The molecular formula is C16H27NS. The van der Waals surface area contributed by atoms with E-state index in [2.05, 4.69) is 36.0 Å². The summed E-state index contributed by atoms with van der Waals surface area (Å²) in [6, 6.07) is 2.92. The molecular weight excluding hydrogens is 238 g/mol. The fourth-order valence-electron chi connectivity index (χ4n) is 3.45. The molecule has 1 N–H and O–H groups in total. The Morgan fingerprint density at radius 1 is 1.33 bits per heavy atom. The summed E-state index contributed by atoms with van der Waals surface area (Å²) in [5.74, 6) is 1.78. The molecule has 1 aliphatic rings. The number of hydrogen-bond acceptors (Lipinski definition) is 2. The summed E-state index contributed by atoms with van der Waals surface area (Å²) in [6.07, 6.45) is 8.29. The lowest BCUT2D eigenvalue weighted by molar-refractivity contribution is 0.176. The van der Waals surface area contributed by atoms with Crippen LogP contribution in [0.1, 0.15) is 64.0 Å². The molecule has 3 atom stereocenters. The first-order valence-electron chi connectivity index (χ1n) is 7.62. The predicted molar refractivity (Wildman–Crippen MR) is 81.1 cm³/mol. The Morgan fingerprint density at radius 3 is 2.83 bits per heavy atom. The molecule has 1 aromatic heterocycles. The van der Waals surface area contributed by atoms with E-state index in [4.69, 9.17) is 0 Å². The molecule has 1 nitrogen and oxygen atoms in total. The van der Waals surface area contributed by atoms with Gasteiger partial charge < -0.3 is 5.32 Å². The maximum absolute atomic E-state index is 3.81. The highest BCUT2D eigenvalue weighted by atomic mass is 32.1. The summed E-state index contributed by atoms with van der Waals surface area (Å²) in [7, 11) is 0. The summed E-state index contributed by atoms with van der Waals surface area (Å²) >= 11 is 1.83. The van der Waals surface area contributed by atoms with Gasteiger partial charge in [0.25, 0.3) is 0 Å². The van der Waals surface area contributed by atoms with E-state index in [0.717, 1.165) is 18.4 Å². The standard InChI is InChI=1S/C16H27NS/c1-3-10-17-16(14-9-11-18-12-14)15-8-6-5-7-13(15)4-2/h9,11-13,15-17H,3-8,10H2,1-2H3. The first-order valence-corrected chi connectivity index (χ1v) is 8.56. The Bertz CT molecular complexity index is 320. The van der Waals surface area contributed by atoms with E-state index in [9.17, 15) is 0 Å². The van der Waals surface area contributed by atoms with Crippen LogP contribution in [0.25, 0.3) is 0 Å². The van der Waals surface area contributed by atoms with Crippen LogP contribution in [0.4, 0.5) is 0 Å². The Labute approximate surface area is 116 Å². The van der Waals surface area contributed by atoms with Crippen LogP contribution in [0.3, 0.4) is 0 Å². The van der Waals surface area contributed by atoms with Crippen LogP contribution in [0.15, 0.2) is 16.8 Å². The van der Waals surface area contributed by atoms with Crippen molar-refractivity contribution in [2.45, 2.75) is 58.4 Å². The van der Waals surface area contributed by atoms with E-state index in [1.807, 2.05) is 11.3 Å². The minimum absolute atomic E-state index is 0.599. The van der Waals surface area contributed by atoms with Crippen molar-refractivity contribution in [2.24, 2.45) is 11.8 Å². The summed E-state index contributed by atoms with van der Waals surface area (Å²) in [5.41, 5.74) is 1.53. The van der Waals surface area contributed by atoms with Gasteiger partial charge in [0.15, 0.2) is 0 Å². The zero-order chi connectivity index (χ0) is 12.8. The van der Waals surface area contributed by atoms with Gasteiger partial charge in [0.2, 0.25) is 0 Å². The normalized spacial score (nSPS) is 26.1. The van der Waals surface area contributed by atoms with Gasteiger partial charge in [-0.3, -0.25) is 0 Å². The van der Waals surface area contributed by atoms with Gasteiger partial charge >= 0.3 is 0 Å². The zero-order valence-corrected chi connectivity index (χ0v) is 12.6. The summed E-state index contributed by atoms with van der Waals surface area (Å²) in [6.45, 7) is 5.77. The van der Waals surface area contributed by atoms with Crippen molar-refractivity contribution in [3.05, 3.63) is 22.4 Å². The second-order valence-electron chi connectivity index (χ2n) is 5.61. The maximum Gasteiger partial charge on any atom is 0.0359 e. The number of rotatable bonds is 6. The molecule has 102 valence electrons. The summed E-state index contributed by atoms with van der Waals surface area (Å²) in [5, 5.41) is 8.38. The molecule has 1 aromatic rings. The summed E-state index contributed by atoms with van der Waals surface area (Å²) < 4.78 is 0. The Morgan fingerprint density at radius 2 is 2.17 bits per heavy atom. The van der Waals surface area contributed by atoms with Crippen molar-refractivity contribution in [3.8, 4) is 0 Å². The van der Waals surface area contributed by atoms with Crippen molar-refractivity contribution >= 4 is 11.3 Å². The molecule has 18 heavy (non-hydrogen) atoms. The minimum Gasteiger partial charge on any atom is -0.310 e. The largest absolute Gasteiger partial charge is 0.310 e. The smallest absolute Gasteiger partial charge is 0.0359 e. The van der Waals surface area contributed by atoms with Gasteiger partial charge in [-0.25, -0.2) is 0 Å². The van der Waals surface area contributed by atoms with Crippen LogP contribution in [-0.2, 0) is 0 Å². The Hall–Kier alpha value is -0.340. The predicted octanol–water partition coefficient (Wildman–Crippen LogP) is 5.01. The van der Waals surface area contributed by atoms with E-state index in [-0.39, 0.29) is 0 Å². The fourth-order valence-corrected chi connectivity index (χ4v) is 4.15. The highest BCUT2D eigenvalue weighted by Gasteiger charge is 2.31. The second-order valence-corrected chi connectivity index (χ2v) is 6.39. The molecule has 1 aliphatic carbocycles. The van der Waals surface area contributed by atoms with Crippen LogP contribution >= 0.6 is 11.3 Å². The maximum atomic E-state index is 3.81. The van der Waals surface area contributed by atoms with Crippen LogP contribution in [-0.4, -0.2) is 6.54 Å². The third kappa shape index (κ3) is 3.36. The lowest BCUT2D eigenvalue weighted by atomic mass is 9.72. The van der Waals surface area contributed by atoms with Crippen molar-refractivity contribution < 1.29 is 0 Å². The highest BCUT2D eigenvalue weighted by molar-refractivity contribution is 7.07. The molecule has 0 bridgehead atoms. The molecule has 1 fully saturated rings. The molecule has 3 unspecified atom stereocenters. The Balaban J connectivity index is 2.11. The van der Waals surface area contributed by atoms with E-state index >= 15 is 0 Å². The van der Waals surface area contributed by atoms with Gasteiger partial charge in [0.05, 0.1) is 0 Å². The van der Waals surface area contributed by atoms with E-state index in [1.54, 1.807) is 0 Å². The quantitative estimate of drug-likeness (QED) is 0.762. The lowest BCUT2D eigenvalue weighted by Gasteiger charge is -2.37. The van der Waals surface area contributed by atoms with E-state index in [0.29, 0.717) is 6.04 Å². The van der Waals surface area contributed by atoms with Crippen molar-refractivity contribution in [3.63, 3.8) is 0 Å². The lowest BCUT2D eigenvalue weighted by Crippen LogP contribution is -2.34. The average molecular weight is 265 g/mol. The van der Waals surface area contributed by atoms with Gasteiger partial charge in [-0.2, -0.15) is 11.3 Å². The highest BCUT2D eigenvalue weighted by Crippen LogP contribution is 2.40. The van der Waals surface area contributed by atoms with E-state index in [1.165, 1.54) is 44.1 Å². The molecule has 1 heterocycles. The van der Waals surface area contributed by atoms with Crippen LogP contribution in [0, 0.1) is 11.8 Å². The molecule has 0 aliphatic heterocycles. The summed E-state index contributed by atoms with van der Waals surface area (Å²) in [4.78, 5) is 0. The molecule has 1 saturated carbocycles. The molecule has 0 radical (unpaired) electrons. The second kappa shape index (κ2) is 7.30. The minimum atomic E-state index is 0.599. The molecule has 0 amide bonds. The average Bonchev–Trinajstić information content (AvgIpc) is 2.94. The first-order chi connectivity index (χ1) is 8.86. The van der Waals surface area contributed by atoms with Gasteiger partial charge in [0, 0.05) is 6.04 Å². The van der Waals surface area contributed by atoms with Gasteiger partial charge in [-0.15, -0.1) is 0 Å². The third-order valence-corrected chi connectivity index (χ3v) is 5.14. The van der Waals surface area contributed by atoms with Crippen LogP contribution in [0.5, 0.6) is 0 Å².